The van der Waals surface area contributed by atoms with Crippen LogP contribution in [0.5, 0.6) is 0 Å². The van der Waals surface area contributed by atoms with E-state index in [1.807, 2.05) is 19.1 Å². The number of para-hydroxylation sites is 1. The van der Waals surface area contributed by atoms with Crippen molar-refractivity contribution in [3.63, 3.8) is 0 Å². The zero-order valence-corrected chi connectivity index (χ0v) is 16.8. The number of carbonyl (C=O) groups excluding carboxylic acids is 2. The average Bonchev–Trinajstić information content (AvgIpc) is 2.68. The Morgan fingerprint density at radius 2 is 1.45 bits per heavy atom. The average molecular weight is 408 g/mol. The molecule has 1 amide bonds. The molecule has 0 fully saturated rings. The lowest BCUT2D eigenvalue weighted by molar-refractivity contribution is -0.114. The molecule has 3 aromatic carbocycles. The Hall–Kier alpha value is -3.45. The molecule has 0 aliphatic carbocycles. The highest BCUT2D eigenvalue weighted by molar-refractivity contribution is 7.92. The van der Waals surface area contributed by atoms with Crippen LogP contribution >= 0.6 is 0 Å². The number of nitrogens with one attached hydrogen (secondary N) is 2. The van der Waals surface area contributed by atoms with Crippen LogP contribution in [-0.2, 0) is 14.8 Å². The first-order chi connectivity index (χ1) is 13.8. The molecule has 29 heavy (non-hydrogen) atoms. The van der Waals surface area contributed by atoms with Gasteiger partial charge in [0.25, 0.3) is 10.0 Å². The molecule has 0 saturated heterocycles. The number of hydrogen-bond donors (Lipinski definition) is 2. The number of anilines is 2. The van der Waals surface area contributed by atoms with Gasteiger partial charge in [-0.1, -0.05) is 42.0 Å². The van der Waals surface area contributed by atoms with Gasteiger partial charge in [-0.2, -0.15) is 0 Å². The number of ketones is 1. The van der Waals surface area contributed by atoms with Crippen LogP contribution in [0.1, 0.15) is 28.4 Å². The van der Waals surface area contributed by atoms with E-state index in [-0.39, 0.29) is 27.8 Å². The van der Waals surface area contributed by atoms with E-state index in [0.717, 1.165) is 5.56 Å². The zero-order valence-electron chi connectivity index (χ0n) is 16.0. The maximum Gasteiger partial charge on any atom is 0.261 e. The van der Waals surface area contributed by atoms with Gasteiger partial charge in [-0.05, 0) is 43.3 Å². The van der Waals surface area contributed by atoms with Crippen molar-refractivity contribution >= 4 is 33.1 Å². The summed E-state index contributed by atoms with van der Waals surface area (Å²) in [4.78, 5) is 24.0. The molecule has 3 aromatic rings. The second-order valence-electron chi connectivity index (χ2n) is 6.55. The van der Waals surface area contributed by atoms with Crippen molar-refractivity contribution in [1.82, 2.24) is 0 Å². The Bertz CT molecular complexity index is 1150. The molecule has 0 radical (unpaired) electrons. The summed E-state index contributed by atoms with van der Waals surface area (Å²) >= 11 is 0. The molecule has 0 aromatic heterocycles. The van der Waals surface area contributed by atoms with Crippen molar-refractivity contribution in [2.45, 2.75) is 18.7 Å². The highest BCUT2D eigenvalue weighted by Gasteiger charge is 2.19. The lowest BCUT2D eigenvalue weighted by atomic mass is 10.0. The topological polar surface area (TPSA) is 92.3 Å². The van der Waals surface area contributed by atoms with E-state index < -0.39 is 10.0 Å². The molecule has 0 unspecified atom stereocenters. The van der Waals surface area contributed by atoms with E-state index in [2.05, 4.69) is 10.0 Å². The summed E-state index contributed by atoms with van der Waals surface area (Å²) in [6, 6.07) is 19.3. The first kappa shape index (κ1) is 20.3. The number of sulfonamides is 1. The van der Waals surface area contributed by atoms with Gasteiger partial charge in [-0.3, -0.25) is 14.3 Å². The van der Waals surface area contributed by atoms with Gasteiger partial charge < -0.3 is 5.32 Å². The highest BCUT2D eigenvalue weighted by Crippen LogP contribution is 2.23. The van der Waals surface area contributed by atoms with Crippen LogP contribution in [0, 0.1) is 6.92 Å². The minimum absolute atomic E-state index is 0.0178. The smallest absolute Gasteiger partial charge is 0.261 e. The predicted molar refractivity (Wildman–Crippen MR) is 113 cm³/mol. The summed E-state index contributed by atoms with van der Waals surface area (Å²) in [6.45, 7) is 3.29. The third kappa shape index (κ3) is 4.89. The van der Waals surface area contributed by atoms with Crippen LogP contribution in [0.15, 0.2) is 77.7 Å². The van der Waals surface area contributed by atoms with Gasteiger partial charge in [0, 0.05) is 23.7 Å². The molecule has 0 atom stereocenters. The van der Waals surface area contributed by atoms with Gasteiger partial charge in [0.15, 0.2) is 5.78 Å². The molecule has 6 nitrogen and oxygen atoms in total. The van der Waals surface area contributed by atoms with Crippen molar-refractivity contribution in [3.05, 3.63) is 89.5 Å². The van der Waals surface area contributed by atoms with Crippen LogP contribution in [0.4, 0.5) is 11.4 Å². The lowest BCUT2D eigenvalue weighted by Crippen LogP contribution is -2.16. The fourth-order valence-corrected chi connectivity index (χ4v) is 3.83. The quantitative estimate of drug-likeness (QED) is 0.603. The Morgan fingerprint density at radius 3 is 2.07 bits per heavy atom. The summed E-state index contributed by atoms with van der Waals surface area (Å²) in [6.07, 6.45) is 0. The Morgan fingerprint density at radius 1 is 0.828 bits per heavy atom. The van der Waals surface area contributed by atoms with Crippen molar-refractivity contribution in [3.8, 4) is 0 Å². The summed E-state index contributed by atoms with van der Waals surface area (Å²) in [5.74, 6) is -0.522. The monoisotopic (exact) mass is 408 g/mol. The molecule has 148 valence electrons. The molecule has 0 saturated carbocycles. The summed E-state index contributed by atoms with van der Waals surface area (Å²) < 4.78 is 28.1. The third-order valence-electron chi connectivity index (χ3n) is 4.21. The number of amides is 1. The van der Waals surface area contributed by atoms with Gasteiger partial charge in [-0.25, -0.2) is 8.42 Å². The fraction of sp³-hybridized carbons (Fsp3) is 0.0909. The predicted octanol–water partition coefficient (Wildman–Crippen LogP) is 3.99. The Balaban J connectivity index is 1.89. The van der Waals surface area contributed by atoms with Gasteiger partial charge >= 0.3 is 0 Å². The molecular formula is C22H20N2O4S. The highest BCUT2D eigenvalue weighted by atomic mass is 32.2. The summed E-state index contributed by atoms with van der Waals surface area (Å²) in [5, 5.41) is 2.58. The molecule has 0 spiro atoms. The van der Waals surface area contributed by atoms with Crippen LogP contribution < -0.4 is 10.0 Å². The third-order valence-corrected chi connectivity index (χ3v) is 5.60. The van der Waals surface area contributed by atoms with Gasteiger partial charge in [0.1, 0.15) is 0 Å². The number of benzene rings is 3. The van der Waals surface area contributed by atoms with E-state index >= 15 is 0 Å². The van der Waals surface area contributed by atoms with E-state index in [4.69, 9.17) is 0 Å². The fourth-order valence-electron chi connectivity index (χ4n) is 2.75. The molecule has 7 heteroatoms. The second-order valence-corrected chi connectivity index (χ2v) is 8.23. The Labute approximate surface area is 169 Å². The number of aryl methyl sites for hydroxylation is 1. The molecular weight excluding hydrogens is 388 g/mol. The second kappa shape index (κ2) is 8.28. The van der Waals surface area contributed by atoms with Gasteiger partial charge in [0.2, 0.25) is 5.91 Å². The van der Waals surface area contributed by atoms with Gasteiger partial charge in [0.05, 0.1) is 10.6 Å². The van der Waals surface area contributed by atoms with Crippen molar-refractivity contribution in [2.24, 2.45) is 0 Å². The van der Waals surface area contributed by atoms with E-state index in [9.17, 15) is 18.0 Å². The van der Waals surface area contributed by atoms with Gasteiger partial charge in [-0.15, -0.1) is 0 Å². The summed E-state index contributed by atoms with van der Waals surface area (Å²) in [7, 11) is -3.92. The summed E-state index contributed by atoms with van der Waals surface area (Å²) in [5.41, 5.74) is 2.45. The number of hydrogen-bond acceptors (Lipinski definition) is 4. The first-order valence-corrected chi connectivity index (χ1v) is 10.4. The standard InChI is InChI=1S/C22H20N2O4S/c1-15-7-9-17(10-8-15)22(26)20-5-3-4-6-21(20)24-29(27,28)19-13-11-18(12-14-19)23-16(2)25/h3-14,24H,1-2H3,(H,23,25). The van der Waals surface area contributed by atoms with E-state index in [1.54, 1.807) is 36.4 Å². The maximum absolute atomic E-state index is 12.9. The minimum Gasteiger partial charge on any atom is -0.326 e. The lowest BCUT2D eigenvalue weighted by Gasteiger charge is -2.13. The SMILES string of the molecule is CC(=O)Nc1ccc(S(=O)(=O)Nc2ccccc2C(=O)c2ccc(C)cc2)cc1. The van der Waals surface area contributed by atoms with Crippen molar-refractivity contribution in [2.75, 3.05) is 10.0 Å². The van der Waals surface area contributed by atoms with Crippen molar-refractivity contribution < 1.29 is 18.0 Å². The van der Waals surface area contributed by atoms with E-state index in [0.29, 0.717) is 11.3 Å². The van der Waals surface area contributed by atoms with Crippen LogP contribution in [0.3, 0.4) is 0 Å². The van der Waals surface area contributed by atoms with Crippen molar-refractivity contribution in [1.29, 1.82) is 0 Å². The maximum atomic E-state index is 12.9. The van der Waals surface area contributed by atoms with Crippen LogP contribution in [0.25, 0.3) is 0 Å². The number of carbonyl (C=O) groups is 2. The normalized spacial score (nSPS) is 11.0. The molecule has 2 N–H and O–H groups in total. The first-order valence-electron chi connectivity index (χ1n) is 8.87. The largest absolute Gasteiger partial charge is 0.326 e. The molecule has 0 aliphatic rings. The Kier molecular flexibility index (Phi) is 5.79. The zero-order chi connectivity index (χ0) is 21.0. The molecule has 0 aliphatic heterocycles. The minimum atomic E-state index is -3.92. The van der Waals surface area contributed by atoms with Crippen LogP contribution in [-0.4, -0.2) is 20.1 Å². The molecule has 0 bridgehead atoms. The van der Waals surface area contributed by atoms with Crippen LogP contribution in [0.2, 0.25) is 0 Å². The molecule has 0 heterocycles. The number of rotatable bonds is 6. The molecule has 3 rings (SSSR count). The van der Waals surface area contributed by atoms with E-state index in [1.165, 1.54) is 31.2 Å².